The lowest BCUT2D eigenvalue weighted by molar-refractivity contribution is -0.384. The molecule has 1 heterocycles. The number of para-hydroxylation sites is 1. The van der Waals surface area contributed by atoms with Crippen LogP contribution in [0.2, 0.25) is 0 Å². The minimum Gasteiger partial charge on any atom is -0.478 e. The molecule has 1 aliphatic rings. The van der Waals surface area contributed by atoms with E-state index < -0.39 is 10.9 Å². The molecule has 28 heavy (non-hydrogen) atoms. The van der Waals surface area contributed by atoms with Gasteiger partial charge in [0, 0.05) is 17.5 Å². The van der Waals surface area contributed by atoms with Crippen LogP contribution < -0.4 is 0 Å². The van der Waals surface area contributed by atoms with Crippen LogP contribution in [0.4, 0.5) is 5.69 Å². The van der Waals surface area contributed by atoms with E-state index in [9.17, 15) is 20.0 Å². The van der Waals surface area contributed by atoms with Crippen molar-refractivity contribution in [1.29, 1.82) is 0 Å². The topological polar surface area (TPSA) is 93.3 Å². The van der Waals surface area contributed by atoms with Gasteiger partial charge in [0.15, 0.2) is 0 Å². The van der Waals surface area contributed by atoms with E-state index >= 15 is 0 Å². The van der Waals surface area contributed by atoms with Gasteiger partial charge in [-0.3, -0.25) is 10.1 Å². The molecule has 1 aliphatic carbocycles. The number of hydrogen-bond donors (Lipinski definition) is 1. The zero-order valence-electron chi connectivity index (χ0n) is 15.3. The second-order valence-electron chi connectivity index (χ2n) is 7.17. The standard InChI is InChI=1S/C22H18N2O4/c1-13-10-15(12-14-6-8-16(9-7-14)24(27)28)21-18(11-13)20(22(25)26)17-4-2-3-5-19(17)23-21/h2-9,12-13H,10-11H2,1H3,(H,25,26). The fourth-order valence-corrected chi connectivity index (χ4v) is 3.87. The number of fused-ring (bicyclic) bond motifs is 2. The number of nitro benzene ring substituents is 1. The maximum atomic E-state index is 12.0. The summed E-state index contributed by atoms with van der Waals surface area (Å²) in [5.74, 6) is -0.670. The Morgan fingerprint density at radius 1 is 1.18 bits per heavy atom. The third-order valence-corrected chi connectivity index (χ3v) is 5.08. The first kappa shape index (κ1) is 17.9. The van der Waals surface area contributed by atoms with Crippen LogP contribution in [0.15, 0.2) is 48.5 Å². The number of pyridine rings is 1. The van der Waals surface area contributed by atoms with Gasteiger partial charge in [-0.15, -0.1) is 0 Å². The number of aromatic nitrogens is 1. The number of benzene rings is 2. The predicted molar refractivity (Wildman–Crippen MR) is 107 cm³/mol. The van der Waals surface area contributed by atoms with Crippen LogP contribution in [0.3, 0.4) is 0 Å². The van der Waals surface area contributed by atoms with Gasteiger partial charge in [0.1, 0.15) is 0 Å². The highest BCUT2D eigenvalue weighted by atomic mass is 16.6. The fraction of sp³-hybridized carbons (Fsp3) is 0.182. The first-order valence-corrected chi connectivity index (χ1v) is 9.04. The zero-order chi connectivity index (χ0) is 19.8. The molecule has 4 rings (SSSR count). The quantitative estimate of drug-likeness (QED) is 0.516. The molecule has 6 heteroatoms. The molecule has 0 saturated carbocycles. The summed E-state index contributed by atoms with van der Waals surface area (Å²) in [5, 5.41) is 21.4. The maximum Gasteiger partial charge on any atom is 0.336 e. The average molecular weight is 374 g/mol. The van der Waals surface area contributed by atoms with Crippen molar-refractivity contribution in [2.75, 3.05) is 0 Å². The van der Waals surface area contributed by atoms with Gasteiger partial charge in [0.2, 0.25) is 0 Å². The Bertz CT molecular complexity index is 1130. The number of carboxylic acid groups (broad SMARTS) is 1. The van der Waals surface area contributed by atoms with Crippen LogP contribution in [-0.4, -0.2) is 21.0 Å². The number of hydrogen-bond acceptors (Lipinski definition) is 4. The minimum atomic E-state index is -0.946. The Morgan fingerprint density at radius 3 is 2.57 bits per heavy atom. The molecule has 0 saturated heterocycles. The maximum absolute atomic E-state index is 12.0. The van der Waals surface area contributed by atoms with Crippen LogP contribution in [0.5, 0.6) is 0 Å². The summed E-state index contributed by atoms with van der Waals surface area (Å²) in [6.45, 7) is 2.09. The second-order valence-corrected chi connectivity index (χ2v) is 7.17. The number of nitrogens with zero attached hydrogens (tertiary/aromatic N) is 2. The first-order valence-electron chi connectivity index (χ1n) is 9.04. The number of carboxylic acids is 1. The molecule has 2 aromatic carbocycles. The summed E-state index contributed by atoms with van der Waals surface area (Å²) in [4.78, 5) is 27.3. The summed E-state index contributed by atoms with van der Waals surface area (Å²) in [6, 6.07) is 13.6. The van der Waals surface area contributed by atoms with Crippen molar-refractivity contribution in [3.8, 4) is 0 Å². The van der Waals surface area contributed by atoms with Gasteiger partial charge in [-0.25, -0.2) is 9.78 Å². The number of aromatic carboxylic acids is 1. The van der Waals surface area contributed by atoms with E-state index in [1.807, 2.05) is 24.3 Å². The Morgan fingerprint density at radius 2 is 1.89 bits per heavy atom. The smallest absolute Gasteiger partial charge is 0.336 e. The molecular weight excluding hydrogens is 356 g/mol. The van der Waals surface area contributed by atoms with Gasteiger partial charge >= 0.3 is 5.97 Å². The van der Waals surface area contributed by atoms with E-state index in [2.05, 4.69) is 6.92 Å². The van der Waals surface area contributed by atoms with Crippen LogP contribution in [0, 0.1) is 16.0 Å². The van der Waals surface area contributed by atoms with Gasteiger partial charge in [-0.05, 0) is 59.7 Å². The van der Waals surface area contributed by atoms with E-state index in [4.69, 9.17) is 4.98 Å². The molecule has 1 aromatic heterocycles. The third-order valence-electron chi connectivity index (χ3n) is 5.08. The lowest BCUT2D eigenvalue weighted by Crippen LogP contribution is -2.17. The Labute approximate surface area is 161 Å². The van der Waals surface area contributed by atoms with Crippen molar-refractivity contribution in [2.45, 2.75) is 19.8 Å². The van der Waals surface area contributed by atoms with Gasteiger partial charge < -0.3 is 5.11 Å². The monoisotopic (exact) mass is 374 g/mol. The summed E-state index contributed by atoms with van der Waals surface area (Å²) in [7, 11) is 0. The molecule has 1 unspecified atom stereocenters. The van der Waals surface area contributed by atoms with E-state index in [-0.39, 0.29) is 11.6 Å². The summed E-state index contributed by atoms with van der Waals surface area (Å²) >= 11 is 0. The summed E-state index contributed by atoms with van der Waals surface area (Å²) < 4.78 is 0. The molecule has 0 bridgehead atoms. The van der Waals surface area contributed by atoms with Crippen LogP contribution >= 0.6 is 0 Å². The van der Waals surface area contributed by atoms with Crippen molar-refractivity contribution in [1.82, 2.24) is 4.98 Å². The molecule has 1 atom stereocenters. The van der Waals surface area contributed by atoms with E-state index in [1.165, 1.54) is 12.1 Å². The van der Waals surface area contributed by atoms with Crippen LogP contribution in [0.1, 0.15) is 40.5 Å². The highest BCUT2D eigenvalue weighted by Gasteiger charge is 2.27. The van der Waals surface area contributed by atoms with Crippen LogP contribution in [0.25, 0.3) is 22.6 Å². The Hall–Kier alpha value is -3.54. The largest absolute Gasteiger partial charge is 0.478 e. The number of carbonyl (C=O) groups is 1. The van der Waals surface area contributed by atoms with Gasteiger partial charge in [0.05, 0.1) is 21.7 Å². The lowest BCUT2D eigenvalue weighted by atomic mass is 9.80. The number of rotatable bonds is 3. The molecule has 0 amide bonds. The Kier molecular flexibility index (Phi) is 4.39. The number of allylic oxidation sites excluding steroid dienone is 1. The highest BCUT2D eigenvalue weighted by Crippen LogP contribution is 2.38. The van der Waals surface area contributed by atoms with Crippen LogP contribution in [-0.2, 0) is 6.42 Å². The molecule has 0 fully saturated rings. The number of non-ortho nitro benzene ring substituents is 1. The molecule has 0 radical (unpaired) electrons. The predicted octanol–water partition coefficient (Wildman–Crippen LogP) is 4.96. The molecule has 6 nitrogen and oxygen atoms in total. The fourth-order valence-electron chi connectivity index (χ4n) is 3.87. The first-order chi connectivity index (χ1) is 13.4. The Balaban J connectivity index is 1.91. The van der Waals surface area contributed by atoms with E-state index in [1.54, 1.807) is 18.2 Å². The summed E-state index contributed by atoms with van der Waals surface area (Å²) in [6.07, 6.45) is 3.38. The normalized spacial score (nSPS) is 17.5. The van der Waals surface area contributed by atoms with Gasteiger partial charge in [-0.1, -0.05) is 25.1 Å². The lowest BCUT2D eigenvalue weighted by Gasteiger charge is -2.26. The third kappa shape index (κ3) is 3.13. The van der Waals surface area contributed by atoms with Crippen molar-refractivity contribution in [3.05, 3.63) is 81.0 Å². The van der Waals surface area contributed by atoms with Crippen molar-refractivity contribution >= 4 is 34.2 Å². The van der Waals surface area contributed by atoms with Gasteiger partial charge in [0.25, 0.3) is 5.69 Å². The molecular formula is C22H18N2O4. The minimum absolute atomic E-state index is 0.0387. The molecule has 0 aliphatic heterocycles. The van der Waals surface area contributed by atoms with Crippen molar-refractivity contribution in [3.63, 3.8) is 0 Å². The molecule has 3 aromatic rings. The average Bonchev–Trinajstić information content (AvgIpc) is 2.66. The van der Waals surface area contributed by atoms with E-state index in [0.29, 0.717) is 28.6 Å². The zero-order valence-corrected chi connectivity index (χ0v) is 15.3. The SMILES string of the molecule is CC1CC(=Cc2ccc([N+](=O)[O-])cc2)c2nc3ccccc3c(C(=O)O)c2C1. The second kappa shape index (κ2) is 6.88. The molecule has 0 spiro atoms. The van der Waals surface area contributed by atoms with Crippen molar-refractivity contribution in [2.24, 2.45) is 5.92 Å². The van der Waals surface area contributed by atoms with Crippen molar-refractivity contribution < 1.29 is 14.8 Å². The molecule has 140 valence electrons. The summed E-state index contributed by atoms with van der Waals surface area (Å²) in [5.41, 5.74) is 4.27. The van der Waals surface area contributed by atoms with Gasteiger partial charge in [-0.2, -0.15) is 0 Å². The van der Waals surface area contributed by atoms with E-state index in [0.717, 1.165) is 23.1 Å². The molecule has 1 N–H and O–H groups in total. The number of nitro groups is 1. The highest BCUT2D eigenvalue weighted by molar-refractivity contribution is 6.05.